The number of carbonyl (C=O) groups is 4. The molecule has 40 heavy (non-hydrogen) atoms. The van der Waals surface area contributed by atoms with Crippen LogP contribution in [0.4, 0.5) is 5.69 Å². The molecule has 8 heteroatoms. The normalized spacial score (nSPS) is 22.9. The van der Waals surface area contributed by atoms with Gasteiger partial charge in [0.15, 0.2) is 6.61 Å². The van der Waals surface area contributed by atoms with Crippen molar-refractivity contribution >= 4 is 29.4 Å². The van der Waals surface area contributed by atoms with Gasteiger partial charge in [-0.25, -0.2) is 4.79 Å². The summed E-state index contributed by atoms with van der Waals surface area (Å²) in [7, 11) is 1.52. The van der Waals surface area contributed by atoms with Gasteiger partial charge in [0.2, 0.25) is 11.8 Å². The molecule has 0 radical (unpaired) electrons. The molecule has 3 aliphatic carbocycles. The van der Waals surface area contributed by atoms with Gasteiger partial charge in [0.05, 0.1) is 18.9 Å². The van der Waals surface area contributed by atoms with E-state index in [-0.39, 0.29) is 23.7 Å². The molecule has 1 aliphatic heterocycles. The standard InChI is InChI=1S/C32H30N2O6/c1-17(2)29(32(38)40-16-24(35)33-18-9-8-10-19(15-18)39-3)34-30(36)27-25-20-11-4-5-12-21(20)26(28(27)31(34)37)23-14-7-6-13-22(23)25/h4-15,17,25-29H,16H2,1-3H3,(H,33,35)/t25?,26?,27-,28-,29-/m0/s1. The fraction of sp³-hybridized carbons (Fsp3) is 0.312. The number of nitrogens with one attached hydrogen (secondary N) is 1. The van der Waals surface area contributed by atoms with Gasteiger partial charge in [0.25, 0.3) is 5.91 Å². The first kappa shape index (κ1) is 25.8. The fourth-order valence-electron chi connectivity index (χ4n) is 6.77. The van der Waals surface area contributed by atoms with Crippen LogP contribution in [0.3, 0.4) is 0 Å². The molecule has 1 fully saturated rings. The van der Waals surface area contributed by atoms with Gasteiger partial charge in [0.1, 0.15) is 11.8 Å². The van der Waals surface area contributed by atoms with E-state index in [1.54, 1.807) is 38.1 Å². The van der Waals surface area contributed by atoms with E-state index in [9.17, 15) is 19.2 Å². The molecule has 2 bridgehead atoms. The number of carbonyl (C=O) groups excluding carboxylic acids is 4. The molecular formula is C32H30N2O6. The Morgan fingerprint density at radius 3 is 1.82 bits per heavy atom. The lowest BCUT2D eigenvalue weighted by Gasteiger charge is -2.45. The summed E-state index contributed by atoms with van der Waals surface area (Å²) in [5, 5.41) is 2.66. The van der Waals surface area contributed by atoms with Crippen LogP contribution in [-0.2, 0) is 23.9 Å². The van der Waals surface area contributed by atoms with E-state index in [1.165, 1.54) is 7.11 Å². The Labute approximate surface area is 232 Å². The van der Waals surface area contributed by atoms with Crippen LogP contribution in [0.25, 0.3) is 0 Å². The van der Waals surface area contributed by atoms with E-state index >= 15 is 0 Å². The SMILES string of the molecule is COc1cccc(NC(=O)COC(=O)[C@H](C(C)C)N2C(=O)[C@H]3C4c5ccccc5C(c5ccccc54)[C@@H]3C2=O)c1. The van der Waals surface area contributed by atoms with Gasteiger partial charge < -0.3 is 14.8 Å². The molecule has 8 nitrogen and oxygen atoms in total. The maximum atomic E-state index is 14.1. The second-order valence-corrected chi connectivity index (χ2v) is 10.9. The summed E-state index contributed by atoms with van der Waals surface area (Å²) in [5.41, 5.74) is 4.74. The van der Waals surface area contributed by atoms with Crippen molar-refractivity contribution in [2.45, 2.75) is 31.7 Å². The topological polar surface area (TPSA) is 102 Å². The average molecular weight is 539 g/mol. The van der Waals surface area contributed by atoms with Gasteiger partial charge in [0, 0.05) is 23.6 Å². The number of hydrogen-bond acceptors (Lipinski definition) is 6. The third kappa shape index (κ3) is 3.97. The third-order valence-corrected chi connectivity index (χ3v) is 8.33. The quantitative estimate of drug-likeness (QED) is 0.359. The highest BCUT2D eigenvalue weighted by Crippen LogP contribution is 2.61. The molecule has 0 spiro atoms. The minimum absolute atomic E-state index is 0.263. The average Bonchev–Trinajstić information content (AvgIpc) is 3.22. The van der Waals surface area contributed by atoms with Crippen molar-refractivity contribution in [1.82, 2.24) is 4.90 Å². The van der Waals surface area contributed by atoms with Crippen molar-refractivity contribution in [3.8, 4) is 5.75 Å². The van der Waals surface area contributed by atoms with E-state index in [0.29, 0.717) is 11.4 Å². The fourth-order valence-corrected chi connectivity index (χ4v) is 6.77. The molecule has 3 amide bonds. The first-order valence-electron chi connectivity index (χ1n) is 13.5. The molecule has 1 N–H and O–H groups in total. The van der Waals surface area contributed by atoms with Gasteiger partial charge in [-0.1, -0.05) is 68.4 Å². The zero-order chi connectivity index (χ0) is 28.1. The van der Waals surface area contributed by atoms with Crippen molar-refractivity contribution in [2.24, 2.45) is 17.8 Å². The maximum Gasteiger partial charge on any atom is 0.330 e. The Morgan fingerprint density at radius 1 is 0.825 bits per heavy atom. The molecule has 3 aromatic carbocycles. The summed E-state index contributed by atoms with van der Waals surface area (Å²) in [5.74, 6) is -3.58. The summed E-state index contributed by atoms with van der Waals surface area (Å²) in [6, 6.07) is 21.6. The first-order chi connectivity index (χ1) is 19.3. The van der Waals surface area contributed by atoms with E-state index < -0.39 is 42.3 Å². The number of nitrogens with zero attached hydrogens (tertiary/aromatic N) is 1. The summed E-state index contributed by atoms with van der Waals surface area (Å²) >= 11 is 0. The number of esters is 1. The number of likely N-dealkylation sites (tertiary alicyclic amines) is 1. The highest BCUT2D eigenvalue weighted by Gasteiger charge is 2.63. The first-order valence-corrected chi connectivity index (χ1v) is 13.5. The van der Waals surface area contributed by atoms with Crippen LogP contribution in [-0.4, -0.2) is 48.3 Å². The monoisotopic (exact) mass is 538 g/mol. The highest BCUT2D eigenvalue weighted by atomic mass is 16.5. The van der Waals surface area contributed by atoms with Crippen molar-refractivity contribution in [2.75, 3.05) is 19.0 Å². The van der Waals surface area contributed by atoms with Crippen molar-refractivity contribution in [3.63, 3.8) is 0 Å². The van der Waals surface area contributed by atoms with Crippen LogP contribution in [0.15, 0.2) is 72.8 Å². The minimum atomic E-state index is -1.14. The van der Waals surface area contributed by atoms with Crippen molar-refractivity contribution in [1.29, 1.82) is 0 Å². The van der Waals surface area contributed by atoms with Gasteiger partial charge in [-0.05, 0) is 40.3 Å². The molecule has 204 valence electrons. The predicted octanol–water partition coefficient (Wildman–Crippen LogP) is 4.09. The number of anilines is 1. The number of rotatable bonds is 7. The van der Waals surface area contributed by atoms with Crippen LogP contribution in [0.5, 0.6) is 5.75 Å². The second kappa shape index (κ2) is 9.93. The Hall–Kier alpha value is -4.46. The van der Waals surface area contributed by atoms with Crippen LogP contribution in [0, 0.1) is 17.8 Å². The van der Waals surface area contributed by atoms with Crippen LogP contribution < -0.4 is 10.1 Å². The molecule has 0 aromatic heterocycles. The Bertz CT molecular complexity index is 1420. The van der Waals surface area contributed by atoms with E-state index in [0.717, 1.165) is 27.2 Å². The predicted molar refractivity (Wildman–Crippen MR) is 147 cm³/mol. The number of benzene rings is 3. The number of imide groups is 1. The van der Waals surface area contributed by atoms with Crippen LogP contribution in [0.2, 0.25) is 0 Å². The summed E-state index contributed by atoms with van der Waals surface area (Å²) in [6.45, 7) is 2.98. The number of ether oxygens (including phenoxy) is 2. The lowest BCUT2D eigenvalue weighted by atomic mass is 9.55. The maximum absolute atomic E-state index is 14.1. The van der Waals surface area contributed by atoms with Crippen LogP contribution in [0.1, 0.15) is 47.9 Å². The van der Waals surface area contributed by atoms with E-state index in [4.69, 9.17) is 9.47 Å². The minimum Gasteiger partial charge on any atom is -0.497 e. The molecule has 3 atom stereocenters. The summed E-state index contributed by atoms with van der Waals surface area (Å²) < 4.78 is 10.5. The van der Waals surface area contributed by atoms with Gasteiger partial charge in [-0.15, -0.1) is 0 Å². The largest absolute Gasteiger partial charge is 0.497 e. The van der Waals surface area contributed by atoms with Gasteiger partial charge in [-0.2, -0.15) is 0 Å². The van der Waals surface area contributed by atoms with E-state index in [1.807, 2.05) is 48.5 Å². The smallest absolute Gasteiger partial charge is 0.330 e. The zero-order valence-electron chi connectivity index (χ0n) is 22.5. The number of amides is 3. The highest BCUT2D eigenvalue weighted by molar-refractivity contribution is 6.10. The van der Waals surface area contributed by atoms with E-state index in [2.05, 4.69) is 5.32 Å². The second-order valence-electron chi connectivity index (χ2n) is 10.9. The molecule has 1 saturated heterocycles. The Kier molecular flexibility index (Phi) is 6.41. The molecular weight excluding hydrogens is 508 g/mol. The van der Waals surface area contributed by atoms with Crippen molar-refractivity contribution in [3.05, 3.63) is 95.1 Å². The molecule has 7 rings (SSSR count). The Balaban J connectivity index is 1.25. The number of hydrogen-bond donors (Lipinski definition) is 1. The molecule has 3 aromatic rings. The Morgan fingerprint density at radius 2 is 1.35 bits per heavy atom. The molecule has 4 aliphatic rings. The summed E-state index contributed by atoms with van der Waals surface area (Å²) in [4.78, 5) is 55.1. The van der Waals surface area contributed by atoms with Gasteiger partial charge >= 0.3 is 5.97 Å². The lowest BCUT2D eigenvalue weighted by Crippen LogP contribution is -2.49. The number of methoxy groups -OCH3 is 1. The van der Waals surface area contributed by atoms with Crippen molar-refractivity contribution < 1.29 is 28.7 Å². The summed E-state index contributed by atoms with van der Waals surface area (Å²) in [6.07, 6.45) is 0. The molecule has 0 unspecified atom stereocenters. The molecule has 1 heterocycles. The zero-order valence-corrected chi connectivity index (χ0v) is 22.5. The van der Waals surface area contributed by atoms with Crippen LogP contribution >= 0.6 is 0 Å². The molecule has 0 saturated carbocycles. The third-order valence-electron chi connectivity index (χ3n) is 8.33. The van der Waals surface area contributed by atoms with Gasteiger partial charge in [-0.3, -0.25) is 19.3 Å². The lowest BCUT2D eigenvalue weighted by molar-refractivity contribution is -0.162.